The van der Waals surface area contributed by atoms with Crippen LogP contribution in [0.5, 0.6) is 0 Å². The Labute approximate surface area is 133 Å². The van der Waals surface area contributed by atoms with Gasteiger partial charge in [-0.15, -0.1) is 11.3 Å². The highest BCUT2D eigenvalue weighted by Gasteiger charge is 2.19. The van der Waals surface area contributed by atoms with Gasteiger partial charge in [0, 0.05) is 9.75 Å². The summed E-state index contributed by atoms with van der Waals surface area (Å²) < 4.78 is 0. The molecule has 0 atom stereocenters. The Hall–Kier alpha value is -3.92. The Morgan fingerprint density at radius 2 is 1.17 bits per heavy atom. The number of carbonyl (C=O) groups is 2. The highest BCUT2D eigenvalue weighted by Crippen LogP contribution is 2.31. The summed E-state index contributed by atoms with van der Waals surface area (Å²) in [4.78, 5) is 21.7. The molecule has 0 amide bonds. The number of hydrogen-bond acceptors (Lipinski definition) is 7. The zero-order chi connectivity index (χ0) is 17.6. The van der Waals surface area contributed by atoms with E-state index in [2.05, 4.69) is 0 Å². The number of hydrogen-bond donors (Lipinski definition) is 2. The van der Waals surface area contributed by atoms with Crippen LogP contribution in [0.3, 0.4) is 0 Å². The average Bonchev–Trinajstić information content (AvgIpc) is 2.85. The first-order valence-electron chi connectivity index (χ1n) is 5.56. The van der Waals surface area contributed by atoms with E-state index in [0.717, 1.165) is 23.5 Å². The summed E-state index contributed by atoms with van der Waals surface area (Å²) in [6.45, 7) is 0. The lowest BCUT2D eigenvalue weighted by Crippen LogP contribution is -1.97. The summed E-state index contributed by atoms with van der Waals surface area (Å²) in [5.41, 5.74) is -1.69. The molecule has 1 heterocycles. The number of nitriles is 4. The van der Waals surface area contributed by atoms with E-state index in [4.69, 9.17) is 31.3 Å². The second-order valence-electron chi connectivity index (χ2n) is 3.75. The molecule has 0 aliphatic heterocycles. The van der Waals surface area contributed by atoms with E-state index >= 15 is 0 Å². The lowest BCUT2D eigenvalue weighted by Gasteiger charge is -1.90. The van der Waals surface area contributed by atoms with Crippen molar-refractivity contribution in [2.24, 2.45) is 0 Å². The molecule has 0 radical (unpaired) electrons. The molecule has 0 bridgehead atoms. The van der Waals surface area contributed by atoms with Gasteiger partial charge in [0.2, 0.25) is 0 Å². The van der Waals surface area contributed by atoms with E-state index in [0.29, 0.717) is 0 Å². The summed E-state index contributed by atoms with van der Waals surface area (Å²) in [5.74, 6) is -3.02. The monoisotopic (exact) mass is 324 g/mol. The topological polar surface area (TPSA) is 170 Å². The van der Waals surface area contributed by atoms with E-state index in [1.165, 1.54) is 12.1 Å². The summed E-state index contributed by atoms with van der Waals surface area (Å²) in [6, 6.07) is 6.28. The second kappa shape index (κ2) is 7.19. The van der Waals surface area contributed by atoms with Crippen molar-refractivity contribution in [3.05, 3.63) is 32.0 Å². The number of aliphatic carboxylic acids is 2. The molecule has 0 unspecified atom stereocenters. The zero-order valence-corrected chi connectivity index (χ0v) is 11.9. The Bertz CT molecular complexity index is 852. The molecule has 0 saturated carbocycles. The molecule has 0 fully saturated rings. The van der Waals surface area contributed by atoms with Crippen molar-refractivity contribution >= 4 is 35.4 Å². The summed E-state index contributed by atoms with van der Waals surface area (Å²) in [7, 11) is 0. The molecular weight excluding hydrogens is 320 g/mol. The third-order valence-corrected chi connectivity index (χ3v) is 3.52. The number of carboxylic acid groups (broad SMARTS) is 2. The molecule has 0 aliphatic carbocycles. The van der Waals surface area contributed by atoms with Crippen LogP contribution in [-0.4, -0.2) is 22.2 Å². The molecule has 0 aliphatic rings. The molecule has 1 aromatic heterocycles. The molecule has 0 saturated heterocycles. The van der Waals surface area contributed by atoms with Gasteiger partial charge in [-0.1, -0.05) is 0 Å². The van der Waals surface area contributed by atoms with Crippen LogP contribution in [0.2, 0.25) is 0 Å². The van der Waals surface area contributed by atoms with Crippen LogP contribution in [-0.2, 0) is 9.59 Å². The Morgan fingerprint density at radius 1 is 0.826 bits per heavy atom. The number of thiophene rings is 1. The SMILES string of the molecule is N#C/C(=C\c1sc(/C=C(\C#N)C(=O)O)c(C#N)c1C#N)C(=O)O. The Kier molecular flexibility index (Phi) is 5.36. The summed E-state index contributed by atoms with van der Waals surface area (Å²) in [5, 5.41) is 53.3. The molecule has 8 nitrogen and oxygen atoms in total. The Balaban J connectivity index is 3.69. The van der Waals surface area contributed by atoms with Crippen molar-refractivity contribution in [3.8, 4) is 24.3 Å². The quantitative estimate of drug-likeness (QED) is 0.619. The number of carboxylic acids is 2. The van der Waals surface area contributed by atoms with Gasteiger partial charge in [-0.25, -0.2) is 9.59 Å². The third kappa shape index (κ3) is 3.59. The van der Waals surface area contributed by atoms with Gasteiger partial charge in [0.25, 0.3) is 0 Å². The van der Waals surface area contributed by atoms with Crippen molar-refractivity contribution in [1.82, 2.24) is 0 Å². The van der Waals surface area contributed by atoms with Crippen molar-refractivity contribution in [2.45, 2.75) is 0 Å². The molecular formula is C14H4N4O4S. The maximum atomic E-state index is 10.8. The highest BCUT2D eigenvalue weighted by molar-refractivity contribution is 7.14. The Morgan fingerprint density at radius 3 is 1.39 bits per heavy atom. The van der Waals surface area contributed by atoms with Crippen molar-refractivity contribution in [3.63, 3.8) is 0 Å². The minimum Gasteiger partial charge on any atom is -0.477 e. The molecule has 0 spiro atoms. The molecule has 9 heteroatoms. The minimum atomic E-state index is -1.51. The molecule has 0 aromatic carbocycles. The molecule has 23 heavy (non-hydrogen) atoms. The van der Waals surface area contributed by atoms with Gasteiger partial charge < -0.3 is 10.2 Å². The normalized spacial score (nSPS) is 10.8. The van der Waals surface area contributed by atoms with Crippen molar-refractivity contribution < 1.29 is 19.8 Å². The first kappa shape index (κ1) is 17.1. The van der Waals surface area contributed by atoms with Gasteiger partial charge in [-0.2, -0.15) is 21.0 Å². The lowest BCUT2D eigenvalue weighted by molar-refractivity contribution is -0.133. The van der Waals surface area contributed by atoms with E-state index in [-0.39, 0.29) is 20.9 Å². The van der Waals surface area contributed by atoms with Crippen LogP contribution in [0.1, 0.15) is 20.9 Å². The van der Waals surface area contributed by atoms with Crippen LogP contribution >= 0.6 is 11.3 Å². The molecule has 110 valence electrons. The minimum absolute atomic E-state index is 0.0110. The summed E-state index contributed by atoms with van der Waals surface area (Å²) in [6.07, 6.45) is 1.83. The fraction of sp³-hybridized carbons (Fsp3) is 0. The van der Waals surface area contributed by atoms with Gasteiger partial charge >= 0.3 is 11.9 Å². The fourth-order valence-electron chi connectivity index (χ4n) is 1.44. The van der Waals surface area contributed by atoms with Gasteiger partial charge in [-0.05, 0) is 12.2 Å². The van der Waals surface area contributed by atoms with Crippen molar-refractivity contribution in [1.29, 1.82) is 21.0 Å². The van der Waals surface area contributed by atoms with Gasteiger partial charge in [-0.3, -0.25) is 0 Å². The van der Waals surface area contributed by atoms with Crippen LogP contribution in [0, 0.1) is 45.3 Å². The predicted octanol–water partition coefficient (Wildman–Crippen LogP) is 1.47. The van der Waals surface area contributed by atoms with Gasteiger partial charge in [0.1, 0.15) is 35.4 Å². The molecule has 1 aromatic rings. The maximum Gasteiger partial charge on any atom is 0.346 e. The summed E-state index contributed by atoms with van der Waals surface area (Å²) >= 11 is 0.731. The van der Waals surface area contributed by atoms with Gasteiger partial charge in [0.15, 0.2) is 0 Å². The average molecular weight is 324 g/mol. The predicted molar refractivity (Wildman–Crippen MR) is 76.2 cm³/mol. The number of rotatable bonds is 4. The largest absolute Gasteiger partial charge is 0.477 e. The first-order valence-corrected chi connectivity index (χ1v) is 6.38. The molecule has 1 rings (SSSR count). The van der Waals surface area contributed by atoms with E-state index in [9.17, 15) is 9.59 Å². The van der Waals surface area contributed by atoms with Crippen molar-refractivity contribution in [2.75, 3.05) is 0 Å². The van der Waals surface area contributed by atoms with E-state index in [1.54, 1.807) is 12.1 Å². The van der Waals surface area contributed by atoms with Crippen LogP contribution in [0.15, 0.2) is 11.1 Å². The van der Waals surface area contributed by atoms with Crippen LogP contribution in [0.4, 0.5) is 0 Å². The third-order valence-electron chi connectivity index (χ3n) is 2.44. The first-order chi connectivity index (χ1) is 10.9. The fourth-order valence-corrected chi connectivity index (χ4v) is 2.53. The lowest BCUT2D eigenvalue weighted by atomic mass is 10.1. The van der Waals surface area contributed by atoms with E-state index < -0.39 is 23.1 Å². The smallest absolute Gasteiger partial charge is 0.346 e. The van der Waals surface area contributed by atoms with E-state index in [1.807, 2.05) is 0 Å². The highest BCUT2D eigenvalue weighted by atomic mass is 32.1. The van der Waals surface area contributed by atoms with Gasteiger partial charge in [0.05, 0.1) is 11.1 Å². The maximum absolute atomic E-state index is 10.8. The second-order valence-corrected chi connectivity index (χ2v) is 4.84. The standard InChI is InChI=1S/C14H4N4O4S/c15-3-7(13(19)20)1-11-9(5-17)10(6-18)12(23-11)2-8(4-16)14(21)22/h1-2H,(H,19,20)(H,21,22)/b7-1+,8-2+. The van der Waals surface area contributed by atoms with Crippen LogP contribution in [0.25, 0.3) is 12.2 Å². The number of nitrogens with zero attached hydrogens (tertiary/aromatic N) is 4. The molecule has 2 N–H and O–H groups in total. The zero-order valence-electron chi connectivity index (χ0n) is 11.1. The van der Waals surface area contributed by atoms with Crippen LogP contribution < -0.4 is 0 Å².